The molecule has 234 valence electrons. The van der Waals surface area contributed by atoms with Crippen molar-refractivity contribution in [1.82, 2.24) is 9.80 Å². The second-order valence-electron chi connectivity index (χ2n) is 12.2. The fourth-order valence-electron chi connectivity index (χ4n) is 6.41. The highest BCUT2D eigenvalue weighted by Gasteiger charge is 2.29. The van der Waals surface area contributed by atoms with Gasteiger partial charge in [-0.1, -0.05) is 44.7 Å². The van der Waals surface area contributed by atoms with E-state index >= 15 is 0 Å². The van der Waals surface area contributed by atoms with Crippen LogP contribution in [0.2, 0.25) is 0 Å². The van der Waals surface area contributed by atoms with Crippen LogP contribution >= 0.6 is 12.4 Å². The van der Waals surface area contributed by atoms with E-state index in [0.29, 0.717) is 23.6 Å². The number of halogens is 1. The molecule has 0 spiro atoms. The Kier molecular flexibility index (Phi) is 13.0. The minimum absolute atomic E-state index is 0. The van der Waals surface area contributed by atoms with Crippen LogP contribution in [0.25, 0.3) is 0 Å². The Labute approximate surface area is 259 Å². The first-order valence-corrected chi connectivity index (χ1v) is 17.4. The molecule has 2 aromatic rings. The van der Waals surface area contributed by atoms with Crippen LogP contribution in [0.1, 0.15) is 87.8 Å². The first kappa shape index (κ1) is 34.2. The van der Waals surface area contributed by atoms with Gasteiger partial charge < -0.3 is 9.64 Å². The number of hydrogen-bond donors (Lipinski definition) is 1. The Morgan fingerprint density at radius 1 is 1.00 bits per heavy atom. The number of likely N-dealkylation sites (tertiary alicyclic amines) is 1. The zero-order valence-electron chi connectivity index (χ0n) is 25.9. The van der Waals surface area contributed by atoms with Gasteiger partial charge in [-0.3, -0.25) is 14.4 Å². The van der Waals surface area contributed by atoms with Gasteiger partial charge in [-0.05, 0) is 92.8 Å². The van der Waals surface area contributed by atoms with E-state index in [1.165, 1.54) is 37.7 Å². The lowest BCUT2D eigenvalue weighted by atomic mass is 9.86. The van der Waals surface area contributed by atoms with Gasteiger partial charge in [0, 0.05) is 44.3 Å². The van der Waals surface area contributed by atoms with Crippen molar-refractivity contribution >= 4 is 34.0 Å². The number of hydrogen-bond acceptors (Lipinski definition) is 5. The van der Waals surface area contributed by atoms with Crippen molar-refractivity contribution < 1.29 is 17.9 Å². The molecule has 0 aromatic heterocycles. The molecule has 2 fully saturated rings. The molecule has 2 aliphatic rings. The van der Waals surface area contributed by atoms with Crippen molar-refractivity contribution in [2.24, 2.45) is 5.92 Å². The van der Waals surface area contributed by atoms with Crippen LogP contribution in [0.4, 0.5) is 5.69 Å². The number of nitrogens with zero attached hydrogens (tertiary/aromatic N) is 2. The molecular weight excluding hydrogens is 570 g/mol. The maximum Gasteiger partial charge on any atom is 0.229 e. The van der Waals surface area contributed by atoms with E-state index in [9.17, 15) is 13.2 Å². The molecule has 42 heavy (non-hydrogen) atoms. The summed E-state index contributed by atoms with van der Waals surface area (Å²) in [6.45, 7) is 9.86. The normalized spacial score (nSPS) is 17.0. The minimum Gasteiger partial charge on any atom is -0.457 e. The standard InChI is InChI=1S/C33H49N3O4S.ClH/c1-5-6-18-36(32(37)23-27-10-8-7-9-11-27)30-16-19-35(20-17-30)24-28-12-14-31(15-13-28)40-33-25(2)21-29(22-26(33)3)34-41(4,38)39;/h12-15,21-22,27,30,34H,5-11,16-20,23-24H2,1-4H3;1H. The Bertz CT molecular complexity index is 1230. The lowest BCUT2D eigenvalue weighted by Crippen LogP contribution is -2.48. The Morgan fingerprint density at radius 3 is 2.19 bits per heavy atom. The highest BCUT2D eigenvalue weighted by atomic mass is 35.5. The lowest BCUT2D eigenvalue weighted by Gasteiger charge is -2.39. The zero-order valence-corrected chi connectivity index (χ0v) is 27.5. The number of anilines is 1. The second kappa shape index (κ2) is 16.0. The molecule has 1 saturated carbocycles. The number of carbonyl (C=O) groups is 1. The summed E-state index contributed by atoms with van der Waals surface area (Å²) in [5.74, 6) is 2.48. The molecule has 7 nitrogen and oxygen atoms in total. The highest BCUT2D eigenvalue weighted by molar-refractivity contribution is 7.92. The molecule has 1 heterocycles. The highest BCUT2D eigenvalue weighted by Crippen LogP contribution is 2.32. The first-order valence-electron chi connectivity index (χ1n) is 15.5. The van der Waals surface area contributed by atoms with E-state index in [1.807, 2.05) is 26.0 Å². The number of amides is 1. The molecule has 9 heteroatoms. The summed E-state index contributed by atoms with van der Waals surface area (Å²) in [6, 6.07) is 12.2. The van der Waals surface area contributed by atoms with Crippen LogP contribution in [0.15, 0.2) is 36.4 Å². The van der Waals surface area contributed by atoms with Gasteiger partial charge in [-0.2, -0.15) is 0 Å². The number of piperidine rings is 1. The number of rotatable bonds is 12. The van der Waals surface area contributed by atoms with Crippen molar-refractivity contribution in [1.29, 1.82) is 0 Å². The van der Waals surface area contributed by atoms with Crippen molar-refractivity contribution in [3.8, 4) is 11.5 Å². The van der Waals surface area contributed by atoms with Gasteiger partial charge >= 0.3 is 0 Å². The molecular formula is C33H50ClN3O4S. The monoisotopic (exact) mass is 619 g/mol. The van der Waals surface area contributed by atoms with Gasteiger partial charge in [-0.25, -0.2) is 8.42 Å². The molecule has 1 N–H and O–H groups in total. The average molecular weight is 620 g/mol. The first-order chi connectivity index (χ1) is 19.6. The maximum atomic E-state index is 13.3. The fraction of sp³-hybridized carbons (Fsp3) is 0.606. The summed E-state index contributed by atoms with van der Waals surface area (Å²) < 4.78 is 31.9. The average Bonchev–Trinajstić information content (AvgIpc) is 2.92. The van der Waals surface area contributed by atoms with Gasteiger partial charge in [0.1, 0.15) is 11.5 Å². The van der Waals surface area contributed by atoms with Crippen LogP contribution in [-0.4, -0.2) is 56.1 Å². The van der Waals surface area contributed by atoms with Crippen LogP contribution in [0.3, 0.4) is 0 Å². The number of ether oxygens (including phenoxy) is 1. The van der Waals surface area contributed by atoms with Gasteiger partial charge in [0.05, 0.1) is 6.26 Å². The molecule has 1 aliphatic carbocycles. The van der Waals surface area contributed by atoms with Crippen LogP contribution in [0.5, 0.6) is 11.5 Å². The second-order valence-corrected chi connectivity index (χ2v) is 14.0. The predicted molar refractivity (Wildman–Crippen MR) is 174 cm³/mol. The number of sulfonamides is 1. The van der Waals surface area contributed by atoms with Crippen molar-refractivity contribution in [2.45, 2.75) is 97.6 Å². The summed E-state index contributed by atoms with van der Waals surface area (Å²) in [5, 5.41) is 0. The number of benzene rings is 2. The summed E-state index contributed by atoms with van der Waals surface area (Å²) in [7, 11) is -3.33. The number of aryl methyl sites for hydroxylation is 2. The van der Waals surface area contributed by atoms with E-state index in [1.54, 1.807) is 12.1 Å². The molecule has 2 aromatic carbocycles. The lowest BCUT2D eigenvalue weighted by molar-refractivity contribution is -0.136. The minimum atomic E-state index is -3.33. The maximum absolute atomic E-state index is 13.3. The van der Waals surface area contributed by atoms with Crippen LogP contribution < -0.4 is 9.46 Å². The SMILES string of the molecule is CCCCN(C(=O)CC1CCCCC1)C1CCN(Cc2ccc(Oc3c(C)cc(NS(C)(=O)=O)cc3C)cc2)CC1.Cl. The third kappa shape index (κ3) is 10.2. The summed E-state index contributed by atoms with van der Waals surface area (Å²) in [5.41, 5.74) is 3.52. The Balaban J connectivity index is 0.00000484. The molecule has 1 aliphatic heterocycles. The van der Waals surface area contributed by atoms with E-state index in [-0.39, 0.29) is 12.4 Å². The van der Waals surface area contributed by atoms with Gasteiger partial charge in [0.2, 0.25) is 15.9 Å². The topological polar surface area (TPSA) is 79.0 Å². The molecule has 1 amide bonds. The summed E-state index contributed by atoms with van der Waals surface area (Å²) >= 11 is 0. The predicted octanol–water partition coefficient (Wildman–Crippen LogP) is 7.45. The van der Waals surface area contributed by atoms with E-state index in [4.69, 9.17) is 4.74 Å². The smallest absolute Gasteiger partial charge is 0.229 e. The quantitative estimate of drug-likeness (QED) is 0.267. The Hall–Kier alpha value is -2.29. The fourth-order valence-corrected chi connectivity index (χ4v) is 6.95. The van der Waals surface area contributed by atoms with Crippen molar-refractivity contribution in [3.63, 3.8) is 0 Å². The van der Waals surface area contributed by atoms with Crippen LogP contribution in [0, 0.1) is 19.8 Å². The van der Waals surface area contributed by atoms with Crippen molar-refractivity contribution in [3.05, 3.63) is 53.1 Å². The van der Waals surface area contributed by atoms with Crippen molar-refractivity contribution in [2.75, 3.05) is 30.6 Å². The number of carbonyl (C=O) groups excluding carboxylic acids is 1. The van der Waals surface area contributed by atoms with Crippen LogP contribution in [-0.2, 0) is 21.4 Å². The number of unbranched alkanes of at least 4 members (excludes halogenated alkanes) is 1. The molecule has 1 saturated heterocycles. The molecule has 0 bridgehead atoms. The zero-order chi connectivity index (χ0) is 29.4. The number of nitrogens with one attached hydrogen (secondary N) is 1. The largest absolute Gasteiger partial charge is 0.457 e. The third-order valence-corrected chi connectivity index (χ3v) is 9.18. The Morgan fingerprint density at radius 2 is 1.62 bits per heavy atom. The third-order valence-electron chi connectivity index (χ3n) is 8.57. The molecule has 4 rings (SSSR count). The molecule has 0 radical (unpaired) electrons. The molecule has 0 atom stereocenters. The van der Waals surface area contributed by atoms with E-state index in [2.05, 4.69) is 33.6 Å². The van der Waals surface area contributed by atoms with E-state index < -0.39 is 10.0 Å². The summed E-state index contributed by atoms with van der Waals surface area (Å²) in [6.07, 6.45) is 12.6. The van der Waals surface area contributed by atoms with Gasteiger partial charge in [0.15, 0.2) is 0 Å². The van der Waals surface area contributed by atoms with Gasteiger partial charge in [0.25, 0.3) is 0 Å². The van der Waals surface area contributed by atoms with E-state index in [0.717, 1.165) is 87.2 Å². The van der Waals surface area contributed by atoms with Gasteiger partial charge in [-0.15, -0.1) is 12.4 Å². The summed E-state index contributed by atoms with van der Waals surface area (Å²) in [4.78, 5) is 18.1. The molecule has 0 unspecified atom stereocenters.